The number of carbonyl (C=O) groups is 1. The standard InChI is InChI=1S/C6H5Cl2N3O2/c1-2(12)13-6-5(9)10-3(7)4(8)11-6/h1H3,(H2,9,10). The van der Waals surface area contributed by atoms with Gasteiger partial charge in [-0.2, -0.15) is 4.98 Å². The van der Waals surface area contributed by atoms with Gasteiger partial charge in [-0.3, -0.25) is 4.79 Å². The molecule has 1 aromatic heterocycles. The van der Waals surface area contributed by atoms with Gasteiger partial charge < -0.3 is 10.5 Å². The topological polar surface area (TPSA) is 78.1 Å². The molecule has 5 nitrogen and oxygen atoms in total. The first-order valence-corrected chi connectivity index (χ1v) is 3.93. The van der Waals surface area contributed by atoms with Crippen molar-refractivity contribution in [1.29, 1.82) is 0 Å². The van der Waals surface area contributed by atoms with E-state index in [1.807, 2.05) is 0 Å². The van der Waals surface area contributed by atoms with Crippen LogP contribution in [0.2, 0.25) is 10.3 Å². The van der Waals surface area contributed by atoms with E-state index in [4.69, 9.17) is 28.9 Å². The van der Waals surface area contributed by atoms with Gasteiger partial charge in [-0.15, -0.1) is 0 Å². The number of anilines is 1. The molecule has 0 fully saturated rings. The highest BCUT2D eigenvalue weighted by atomic mass is 35.5. The van der Waals surface area contributed by atoms with Crippen molar-refractivity contribution < 1.29 is 9.53 Å². The number of esters is 1. The minimum Gasteiger partial charge on any atom is -0.404 e. The second-order valence-electron chi connectivity index (χ2n) is 2.09. The molecule has 0 amide bonds. The Balaban J connectivity index is 3.08. The lowest BCUT2D eigenvalue weighted by Crippen LogP contribution is -2.07. The number of carbonyl (C=O) groups excluding carboxylic acids is 1. The summed E-state index contributed by atoms with van der Waals surface area (Å²) >= 11 is 11.0. The third-order valence-electron chi connectivity index (χ3n) is 1.05. The predicted octanol–water partition coefficient (Wildman–Crippen LogP) is 1.29. The van der Waals surface area contributed by atoms with Gasteiger partial charge in [0.1, 0.15) is 0 Å². The molecule has 7 heteroatoms. The maximum atomic E-state index is 10.5. The molecule has 70 valence electrons. The van der Waals surface area contributed by atoms with E-state index >= 15 is 0 Å². The average molecular weight is 222 g/mol. The average Bonchev–Trinajstić information content (AvgIpc) is 1.99. The minimum atomic E-state index is -0.556. The highest BCUT2D eigenvalue weighted by molar-refractivity contribution is 6.40. The molecule has 0 bridgehead atoms. The first-order valence-electron chi connectivity index (χ1n) is 3.17. The Kier molecular flexibility index (Phi) is 2.90. The first-order chi connectivity index (χ1) is 6.00. The fourth-order valence-corrected chi connectivity index (χ4v) is 0.856. The molecule has 0 spiro atoms. The van der Waals surface area contributed by atoms with Crippen LogP contribution in [0.25, 0.3) is 0 Å². The largest absolute Gasteiger partial charge is 0.404 e. The highest BCUT2D eigenvalue weighted by Crippen LogP contribution is 2.24. The van der Waals surface area contributed by atoms with E-state index in [-0.39, 0.29) is 22.0 Å². The monoisotopic (exact) mass is 221 g/mol. The Morgan fingerprint density at radius 2 is 1.92 bits per heavy atom. The highest BCUT2D eigenvalue weighted by Gasteiger charge is 2.11. The summed E-state index contributed by atoms with van der Waals surface area (Å²) < 4.78 is 4.60. The van der Waals surface area contributed by atoms with Gasteiger partial charge in [0.15, 0.2) is 16.1 Å². The molecule has 0 unspecified atom stereocenters. The van der Waals surface area contributed by atoms with E-state index in [2.05, 4.69) is 14.7 Å². The number of hydrogen-bond acceptors (Lipinski definition) is 5. The van der Waals surface area contributed by atoms with Crippen LogP contribution in [0.4, 0.5) is 5.82 Å². The van der Waals surface area contributed by atoms with Crippen molar-refractivity contribution >= 4 is 35.0 Å². The first kappa shape index (κ1) is 10.0. The van der Waals surface area contributed by atoms with Gasteiger partial charge >= 0.3 is 5.97 Å². The lowest BCUT2D eigenvalue weighted by Gasteiger charge is -2.03. The van der Waals surface area contributed by atoms with Crippen LogP contribution in [0.3, 0.4) is 0 Å². The van der Waals surface area contributed by atoms with Crippen LogP contribution in [0, 0.1) is 0 Å². The Morgan fingerprint density at radius 3 is 2.46 bits per heavy atom. The Hall–Kier alpha value is -1.07. The Morgan fingerprint density at radius 1 is 1.38 bits per heavy atom. The van der Waals surface area contributed by atoms with E-state index in [1.54, 1.807) is 0 Å². The fraction of sp³-hybridized carbons (Fsp3) is 0.167. The van der Waals surface area contributed by atoms with Gasteiger partial charge in [0.2, 0.25) is 0 Å². The number of nitrogens with zero attached hydrogens (tertiary/aromatic N) is 2. The number of nitrogens with two attached hydrogens (primary N) is 1. The van der Waals surface area contributed by atoms with Crippen molar-refractivity contribution in [3.63, 3.8) is 0 Å². The Labute approximate surface area is 83.8 Å². The van der Waals surface area contributed by atoms with E-state index in [0.29, 0.717) is 0 Å². The lowest BCUT2D eigenvalue weighted by molar-refractivity contribution is -0.132. The molecule has 0 saturated heterocycles. The van der Waals surface area contributed by atoms with Gasteiger partial charge in [-0.1, -0.05) is 23.2 Å². The van der Waals surface area contributed by atoms with Crippen molar-refractivity contribution in [3.05, 3.63) is 10.3 Å². The van der Waals surface area contributed by atoms with Crippen molar-refractivity contribution in [2.45, 2.75) is 6.92 Å². The number of nitrogen functional groups attached to an aromatic ring is 1. The van der Waals surface area contributed by atoms with Crippen molar-refractivity contribution in [2.24, 2.45) is 0 Å². The van der Waals surface area contributed by atoms with Crippen molar-refractivity contribution in [3.8, 4) is 5.88 Å². The van der Waals surface area contributed by atoms with Gasteiger partial charge in [-0.25, -0.2) is 4.98 Å². The summed E-state index contributed by atoms with van der Waals surface area (Å²) in [6, 6.07) is 0. The minimum absolute atomic E-state index is 0.0323. The summed E-state index contributed by atoms with van der Waals surface area (Å²) in [6.45, 7) is 1.21. The molecule has 2 N–H and O–H groups in total. The molecule has 0 aliphatic rings. The third-order valence-corrected chi connectivity index (χ3v) is 1.67. The molecule has 0 saturated carbocycles. The van der Waals surface area contributed by atoms with Crippen LogP contribution in [0.5, 0.6) is 5.88 Å². The molecule has 0 aliphatic heterocycles. The molecule has 1 rings (SSSR count). The summed E-state index contributed by atoms with van der Waals surface area (Å²) in [6.07, 6.45) is 0. The van der Waals surface area contributed by atoms with Crippen LogP contribution in [0.15, 0.2) is 0 Å². The van der Waals surface area contributed by atoms with E-state index in [0.717, 1.165) is 0 Å². The lowest BCUT2D eigenvalue weighted by atomic mass is 10.6. The molecule has 1 aromatic rings. The summed E-state index contributed by atoms with van der Waals surface area (Å²) in [4.78, 5) is 17.8. The quantitative estimate of drug-likeness (QED) is 0.724. The molecule has 0 atom stereocenters. The van der Waals surface area contributed by atoms with Gasteiger partial charge in [0.25, 0.3) is 5.88 Å². The summed E-state index contributed by atoms with van der Waals surface area (Å²) in [5.41, 5.74) is 5.34. The van der Waals surface area contributed by atoms with E-state index < -0.39 is 5.97 Å². The van der Waals surface area contributed by atoms with Gasteiger partial charge in [0.05, 0.1) is 0 Å². The molecular formula is C6H5Cl2N3O2. The SMILES string of the molecule is CC(=O)Oc1nc(Cl)c(Cl)nc1N. The zero-order valence-electron chi connectivity index (χ0n) is 6.54. The van der Waals surface area contributed by atoms with Crippen LogP contribution >= 0.6 is 23.2 Å². The van der Waals surface area contributed by atoms with Crippen LogP contribution in [-0.2, 0) is 4.79 Å². The van der Waals surface area contributed by atoms with Crippen LogP contribution < -0.4 is 10.5 Å². The van der Waals surface area contributed by atoms with Crippen LogP contribution in [-0.4, -0.2) is 15.9 Å². The van der Waals surface area contributed by atoms with Crippen molar-refractivity contribution in [1.82, 2.24) is 9.97 Å². The van der Waals surface area contributed by atoms with Crippen LogP contribution in [0.1, 0.15) is 6.92 Å². The van der Waals surface area contributed by atoms with E-state index in [9.17, 15) is 4.79 Å². The maximum absolute atomic E-state index is 10.5. The number of ether oxygens (including phenoxy) is 1. The second kappa shape index (κ2) is 3.76. The number of hydrogen-bond donors (Lipinski definition) is 1. The number of rotatable bonds is 1. The molecule has 0 aromatic carbocycles. The summed E-state index contributed by atoms with van der Waals surface area (Å²) in [5, 5.41) is -0.0952. The smallest absolute Gasteiger partial charge is 0.309 e. The zero-order valence-corrected chi connectivity index (χ0v) is 8.06. The molecule has 0 radical (unpaired) electrons. The molecule has 0 aliphatic carbocycles. The molecular weight excluding hydrogens is 217 g/mol. The fourth-order valence-electron chi connectivity index (χ4n) is 0.604. The summed E-state index contributed by atoms with van der Waals surface area (Å²) in [7, 11) is 0. The van der Waals surface area contributed by atoms with Gasteiger partial charge in [0, 0.05) is 6.92 Å². The zero-order chi connectivity index (χ0) is 10.0. The summed E-state index contributed by atoms with van der Waals surface area (Å²) in [5.74, 6) is -0.772. The third kappa shape index (κ3) is 2.43. The Bertz CT molecular complexity index is 356. The van der Waals surface area contributed by atoms with E-state index in [1.165, 1.54) is 6.92 Å². The van der Waals surface area contributed by atoms with Gasteiger partial charge in [-0.05, 0) is 0 Å². The predicted molar refractivity (Wildman–Crippen MR) is 47.8 cm³/mol. The maximum Gasteiger partial charge on any atom is 0.309 e. The van der Waals surface area contributed by atoms with Crippen molar-refractivity contribution in [2.75, 3.05) is 5.73 Å². The molecule has 13 heavy (non-hydrogen) atoms. The number of halogens is 2. The normalized spacial score (nSPS) is 9.77. The number of aromatic nitrogens is 2. The molecule has 1 heterocycles. The second-order valence-corrected chi connectivity index (χ2v) is 2.81.